The summed E-state index contributed by atoms with van der Waals surface area (Å²) < 4.78 is 1.05. The lowest BCUT2D eigenvalue weighted by Gasteiger charge is -2.21. The third-order valence-corrected chi connectivity index (χ3v) is 4.15. The molecule has 0 radical (unpaired) electrons. The average Bonchev–Trinajstić information content (AvgIpc) is 2.43. The maximum absolute atomic E-state index is 9.71. The first-order valence-corrected chi connectivity index (χ1v) is 7.51. The molecule has 0 heterocycles. The molecule has 0 aliphatic carbocycles. The van der Waals surface area contributed by atoms with E-state index in [0.717, 1.165) is 15.7 Å². The van der Waals surface area contributed by atoms with Gasteiger partial charge in [0.05, 0.1) is 12.6 Å². The van der Waals surface area contributed by atoms with Gasteiger partial charge in [0.2, 0.25) is 0 Å². The van der Waals surface area contributed by atoms with Gasteiger partial charge in [0, 0.05) is 10.2 Å². The summed E-state index contributed by atoms with van der Waals surface area (Å²) in [6, 6.07) is 12.2. The van der Waals surface area contributed by atoms with Crippen LogP contribution in [0.2, 0.25) is 0 Å². The van der Waals surface area contributed by atoms with Gasteiger partial charge >= 0.3 is 0 Å². The number of rotatable bonds is 4. The van der Waals surface area contributed by atoms with Gasteiger partial charge in [-0.2, -0.15) is 0 Å². The molecule has 2 aromatic carbocycles. The van der Waals surface area contributed by atoms with Gasteiger partial charge in [-0.05, 0) is 67.3 Å². The number of hydrogen-bond acceptors (Lipinski definition) is 2. The number of aliphatic hydroxyl groups is 1. The molecule has 106 valence electrons. The van der Waals surface area contributed by atoms with Crippen molar-refractivity contribution in [3.63, 3.8) is 0 Å². The minimum atomic E-state index is -0.0875. The van der Waals surface area contributed by atoms with Crippen LogP contribution < -0.4 is 5.32 Å². The van der Waals surface area contributed by atoms with Crippen LogP contribution in [0.1, 0.15) is 28.3 Å². The largest absolute Gasteiger partial charge is 0.394 e. The van der Waals surface area contributed by atoms with Crippen LogP contribution in [-0.4, -0.2) is 11.7 Å². The minimum absolute atomic E-state index is 0.0689. The van der Waals surface area contributed by atoms with Crippen molar-refractivity contribution in [2.24, 2.45) is 0 Å². The highest BCUT2D eigenvalue weighted by molar-refractivity contribution is 9.10. The molecule has 0 fully saturated rings. The van der Waals surface area contributed by atoms with Crippen LogP contribution in [0.15, 0.2) is 40.9 Å². The van der Waals surface area contributed by atoms with E-state index in [1.807, 2.05) is 24.3 Å². The molecule has 0 spiro atoms. The molecule has 0 saturated carbocycles. The van der Waals surface area contributed by atoms with Gasteiger partial charge in [0.1, 0.15) is 0 Å². The Balaban J connectivity index is 2.28. The molecule has 2 nitrogen and oxygen atoms in total. The molecule has 3 heteroatoms. The minimum Gasteiger partial charge on any atom is -0.394 e. The Hall–Kier alpha value is -1.32. The third-order valence-electron chi connectivity index (χ3n) is 3.63. The number of nitrogens with one attached hydrogen (secondary N) is 1. The van der Waals surface area contributed by atoms with Crippen LogP contribution in [0.4, 0.5) is 5.69 Å². The highest BCUT2D eigenvalue weighted by Crippen LogP contribution is 2.25. The molecule has 2 N–H and O–H groups in total. The second kappa shape index (κ2) is 6.42. The standard InChI is InChI=1S/C17H20BrNO/c1-11-8-13(3)16(9-12(11)2)17(10-20)19-15-6-4-14(18)5-7-15/h4-9,17,19-20H,10H2,1-3H3. The average molecular weight is 334 g/mol. The summed E-state index contributed by atoms with van der Waals surface area (Å²) in [5, 5.41) is 13.1. The second-order valence-corrected chi connectivity index (χ2v) is 6.10. The van der Waals surface area contributed by atoms with Crippen LogP contribution >= 0.6 is 15.9 Å². The van der Waals surface area contributed by atoms with Gasteiger partial charge in [0.25, 0.3) is 0 Å². The van der Waals surface area contributed by atoms with E-state index < -0.39 is 0 Å². The first-order chi connectivity index (χ1) is 9.51. The summed E-state index contributed by atoms with van der Waals surface area (Å²) in [4.78, 5) is 0. The summed E-state index contributed by atoms with van der Waals surface area (Å²) in [6.45, 7) is 6.38. The summed E-state index contributed by atoms with van der Waals surface area (Å²) in [7, 11) is 0. The molecule has 20 heavy (non-hydrogen) atoms. The highest BCUT2D eigenvalue weighted by atomic mass is 79.9. The molecule has 0 amide bonds. The van der Waals surface area contributed by atoms with Gasteiger partial charge in [-0.15, -0.1) is 0 Å². The summed E-state index contributed by atoms with van der Waals surface area (Å²) >= 11 is 3.43. The van der Waals surface area contributed by atoms with Crippen molar-refractivity contribution in [1.29, 1.82) is 0 Å². The molecule has 0 aromatic heterocycles. The SMILES string of the molecule is Cc1cc(C)c(C(CO)Nc2ccc(Br)cc2)cc1C. The molecule has 0 saturated heterocycles. The zero-order valence-corrected chi connectivity index (χ0v) is 13.7. The van der Waals surface area contributed by atoms with Crippen molar-refractivity contribution in [2.75, 3.05) is 11.9 Å². The zero-order chi connectivity index (χ0) is 14.7. The van der Waals surface area contributed by atoms with Gasteiger partial charge in [-0.1, -0.05) is 28.1 Å². The summed E-state index contributed by atoms with van der Waals surface area (Å²) in [5.74, 6) is 0. The highest BCUT2D eigenvalue weighted by Gasteiger charge is 2.14. The molecule has 2 aromatic rings. The molecule has 1 atom stereocenters. The van der Waals surface area contributed by atoms with E-state index in [2.05, 4.69) is 54.2 Å². The first kappa shape index (κ1) is 15.1. The quantitative estimate of drug-likeness (QED) is 0.862. The Kier molecular flexibility index (Phi) is 4.84. The molecule has 2 rings (SSSR count). The third kappa shape index (κ3) is 3.41. The van der Waals surface area contributed by atoms with Crippen LogP contribution in [0.5, 0.6) is 0 Å². The summed E-state index contributed by atoms with van der Waals surface area (Å²) in [5.41, 5.74) is 5.90. The lowest BCUT2D eigenvalue weighted by molar-refractivity contribution is 0.276. The maximum Gasteiger partial charge on any atom is 0.0747 e. The van der Waals surface area contributed by atoms with Crippen molar-refractivity contribution in [2.45, 2.75) is 26.8 Å². The van der Waals surface area contributed by atoms with Crippen LogP contribution in [0, 0.1) is 20.8 Å². The Morgan fingerprint density at radius 2 is 1.60 bits per heavy atom. The second-order valence-electron chi connectivity index (χ2n) is 5.18. The lowest BCUT2D eigenvalue weighted by Crippen LogP contribution is -2.16. The van der Waals surface area contributed by atoms with Crippen molar-refractivity contribution >= 4 is 21.6 Å². The van der Waals surface area contributed by atoms with Crippen molar-refractivity contribution in [3.8, 4) is 0 Å². The van der Waals surface area contributed by atoms with Crippen LogP contribution in [0.25, 0.3) is 0 Å². The van der Waals surface area contributed by atoms with E-state index >= 15 is 0 Å². The van der Waals surface area contributed by atoms with E-state index in [1.54, 1.807) is 0 Å². The molecule has 0 aliphatic heterocycles. The first-order valence-electron chi connectivity index (χ1n) is 6.72. The smallest absolute Gasteiger partial charge is 0.0747 e. The number of anilines is 1. The Morgan fingerprint density at radius 1 is 1.00 bits per heavy atom. The van der Waals surface area contributed by atoms with Crippen LogP contribution in [0.3, 0.4) is 0 Å². The number of aliphatic hydroxyl groups excluding tert-OH is 1. The number of hydrogen-bond donors (Lipinski definition) is 2. The van der Waals surface area contributed by atoms with Gasteiger partial charge in [0.15, 0.2) is 0 Å². The Morgan fingerprint density at radius 3 is 2.20 bits per heavy atom. The molecule has 0 bridgehead atoms. The predicted octanol–water partition coefficient (Wildman–Crippen LogP) is 4.52. The van der Waals surface area contributed by atoms with E-state index in [-0.39, 0.29) is 12.6 Å². The topological polar surface area (TPSA) is 32.3 Å². The summed E-state index contributed by atoms with van der Waals surface area (Å²) in [6.07, 6.45) is 0. The fourth-order valence-electron chi connectivity index (χ4n) is 2.33. The fraction of sp³-hybridized carbons (Fsp3) is 0.294. The van der Waals surface area contributed by atoms with Gasteiger partial charge < -0.3 is 10.4 Å². The lowest BCUT2D eigenvalue weighted by atomic mass is 9.96. The van der Waals surface area contributed by atoms with E-state index in [4.69, 9.17) is 0 Å². The van der Waals surface area contributed by atoms with Crippen molar-refractivity contribution in [3.05, 3.63) is 63.1 Å². The Labute approximate surface area is 129 Å². The molecular formula is C17H20BrNO. The van der Waals surface area contributed by atoms with E-state index in [1.165, 1.54) is 16.7 Å². The number of benzene rings is 2. The maximum atomic E-state index is 9.71. The Bertz CT molecular complexity index is 593. The number of halogens is 1. The molecule has 1 unspecified atom stereocenters. The van der Waals surface area contributed by atoms with Crippen molar-refractivity contribution in [1.82, 2.24) is 0 Å². The molecule has 0 aliphatic rings. The van der Waals surface area contributed by atoms with E-state index in [0.29, 0.717) is 0 Å². The molecular weight excluding hydrogens is 314 g/mol. The zero-order valence-electron chi connectivity index (χ0n) is 12.1. The van der Waals surface area contributed by atoms with Crippen LogP contribution in [-0.2, 0) is 0 Å². The monoisotopic (exact) mass is 333 g/mol. The van der Waals surface area contributed by atoms with Gasteiger partial charge in [-0.25, -0.2) is 0 Å². The predicted molar refractivity (Wildman–Crippen MR) is 88.2 cm³/mol. The number of aryl methyl sites for hydroxylation is 3. The van der Waals surface area contributed by atoms with Crippen molar-refractivity contribution < 1.29 is 5.11 Å². The van der Waals surface area contributed by atoms with Gasteiger partial charge in [-0.3, -0.25) is 0 Å². The normalized spacial score (nSPS) is 12.2. The van der Waals surface area contributed by atoms with E-state index in [9.17, 15) is 5.11 Å². The fourth-order valence-corrected chi connectivity index (χ4v) is 2.59.